The summed E-state index contributed by atoms with van der Waals surface area (Å²) in [7, 11) is 0. The lowest BCUT2D eigenvalue weighted by Gasteiger charge is -2.11. The number of hydrogen-bond acceptors (Lipinski definition) is 2. The Kier molecular flexibility index (Phi) is 1.72. The summed E-state index contributed by atoms with van der Waals surface area (Å²) in [6, 6.07) is 5.63. The molecule has 1 N–H and O–H groups in total. The van der Waals surface area contributed by atoms with Crippen LogP contribution in [0.5, 0.6) is 0 Å². The molecule has 1 aliphatic carbocycles. The third-order valence-corrected chi connectivity index (χ3v) is 2.36. The molecule has 12 heavy (non-hydrogen) atoms. The number of pyridine rings is 1. The van der Waals surface area contributed by atoms with E-state index in [1.807, 2.05) is 12.1 Å². The Labute approximate surface area is 77.0 Å². The van der Waals surface area contributed by atoms with Crippen LogP contribution in [0.3, 0.4) is 0 Å². The second kappa shape index (κ2) is 2.63. The van der Waals surface area contributed by atoms with E-state index in [0.29, 0.717) is 5.15 Å². The van der Waals surface area contributed by atoms with Crippen molar-refractivity contribution >= 4 is 17.4 Å². The molecule has 1 aromatic rings. The maximum atomic E-state index is 5.74. The van der Waals surface area contributed by atoms with Gasteiger partial charge >= 0.3 is 0 Å². The van der Waals surface area contributed by atoms with Crippen molar-refractivity contribution in [2.75, 3.05) is 5.32 Å². The molecule has 2 rings (SSSR count). The Hall–Kier alpha value is -0.760. The van der Waals surface area contributed by atoms with Crippen molar-refractivity contribution in [2.24, 2.45) is 0 Å². The van der Waals surface area contributed by atoms with Crippen molar-refractivity contribution in [1.29, 1.82) is 0 Å². The maximum Gasteiger partial charge on any atom is 0.131 e. The summed E-state index contributed by atoms with van der Waals surface area (Å²) in [6.45, 7) is 2.19. The molecule has 0 saturated heterocycles. The van der Waals surface area contributed by atoms with E-state index in [-0.39, 0.29) is 5.54 Å². The Balaban J connectivity index is 2.12. The van der Waals surface area contributed by atoms with Gasteiger partial charge in [0.05, 0.1) is 0 Å². The van der Waals surface area contributed by atoms with E-state index in [2.05, 4.69) is 17.2 Å². The standard InChI is InChI=1S/C9H11ClN2/c1-9(5-6-9)12-8-4-2-3-7(10)11-8/h2-4H,5-6H2,1H3,(H,11,12). The van der Waals surface area contributed by atoms with Gasteiger partial charge < -0.3 is 5.32 Å². The zero-order chi connectivity index (χ0) is 8.60. The second-order valence-electron chi connectivity index (χ2n) is 3.53. The van der Waals surface area contributed by atoms with Crippen LogP contribution in [-0.4, -0.2) is 10.5 Å². The first-order valence-electron chi connectivity index (χ1n) is 4.09. The highest BCUT2D eigenvalue weighted by Gasteiger charge is 2.37. The van der Waals surface area contributed by atoms with Gasteiger partial charge in [0.25, 0.3) is 0 Å². The van der Waals surface area contributed by atoms with Gasteiger partial charge in [-0.05, 0) is 31.9 Å². The van der Waals surface area contributed by atoms with Gasteiger partial charge in [-0.1, -0.05) is 17.7 Å². The van der Waals surface area contributed by atoms with Crippen LogP contribution in [0.2, 0.25) is 5.15 Å². The van der Waals surface area contributed by atoms with Crippen LogP contribution in [0.15, 0.2) is 18.2 Å². The number of hydrogen-bond donors (Lipinski definition) is 1. The molecule has 0 radical (unpaired) electrons. The molecular weight excluding hydrogens is 172 g/mol. The molecular formula is C9H11ClN2. The summed E-state index contributed by atoms with van der Waals surface area (Å²) < 4.78 is 0. The molecule has 0 atom stereocenters. The molecule has 64 valence electrons. The predicted molar refractivity (Wildman–Crippen MR) is 50.5 cm³/mol. The summed E-state index contributed by atoms with van der Waals surface area (Å²) >= 11 is 5.74. The van der Waals surface area contributed by atoms with Gasteiger partial charge in [-0.15, -0.1) is 0 Å². The number of aromatic nitrogens is 1. The van der Waals surface area contributed by atoms with E-state index in [4.69, 9.17) is 11.6 Å². The SMILES string of the molecule is CC1(Nc2cccc(Cl)n2)CC1. The molecule has 0 aromatic carbocycles. The minimum atomic E-state index is 0.275. The summed E-state index contributed by atoms with van der Waals surface area (Å²) in [4.78, 5) is 4.15. The van der Waals surface area contributed by atoms with Crippen LogP contribution in [0.4, 0.5) is 5.82 Å². The Morgan fingerprint density at radius 1 is 1.50 bits per heavy atom. The Morgan fingerprint density at radius 2 is 2.25 bits per heavy atom. The van der Waals surface area contributed by atoms with E-state index >= 15 is 0 Å². The first-order valence-corrected chi connectivity index (χ1v) is 4.47. The lowest BCUT2D eigenvalue weighted by atomic mass is 10.3. The topological polar surface area (TPSA) is 24.9 Å². The van der Waals surface area contributed by atoms with Gasteiger partial charge in [0.2, 0.25) is 0 Å². The van der Waals surface area contributed by atoms with Crippen molar-refractivity contribution < 1.29 is 0 Å². The van der Waals surface area contributed by atoms with E-state index in [1.165, 1.54) is 12.8 Å². The molecule has 1 saturated carbocycles. The number of nitrogens with zero attached hydrogens (tertiary/aromatic N) is 1. The molecule has 0 spiro atoms. The zero-order valence-corrected chi connectivity index (χ0v) is 7.73. The van der Waals surface area contributed by atoms with Crippen LogP contribution >= 0.6 is 11.6 Å². The Bertz CT molecular complexity index is 294. The maximum absolute atomic E-state index is 5.74. The minimum Gasteiger partial charge on any atom is -0.365 e. The smallest absolute Gasteiger partial charge is 0.131 e. The molecule has 2 nitrogen and oxygen atoms in total. The summed E-state index contributed by atoms with van der Waals surface area (Å²) in [5, 5.41) is 3.88. The molecule has 1 aromatic heterocycles. The highest BCUT2D eigenvalue weighted by molar-refractivity contribution is 6.29. The average Bonchev–Trinajstić information content (AvgIpc) is 2.67. The minimum absolute atomic E-state index is 0.275. The van der Waals surface area contributed by atoms with E-state index in [0.717, 1.165) is 5.82 Å². The lowest BCUT2D eigenvalue weighted by molar-refractivity contribution is 0.821. The van der Waals surface area contributed by atoms with Crippen molar-refractivity contribution in [3.05, 3.63) is 23.4 Å². The lowest BCUT2D eigenvalue weighted by Crippen LogP contribution is -2.16. The highest BCUT2D eigenvalue weighted by Crippen LogP contribution is 2.37. The number of anilines is 1. The average molecular weight is 183 g/mol. The van der Waals surface area contributed by atoms with Gasteiger partial charge in [0.1, 0.15) is 11.0 Å². The quantitative estimate of drug-likeness (QED) is 0.712. The van der Waals surface area contributed by atoms with Gasteiger partial charge in [-0.3, -0.25) is 0 Å². The predicted octanol–water partition coefficient (Wildman–Crippen LogP) is 2.70. The number of rotatable bonds is 2. The second-order valence-corrected chi connectivity index (χ2v) is 3.92. The van der Waals surface area contributed by atoms with Gasteiger partial charge in [-0.25, -0.2) is 4.98 Å². The largest absolute Gasteiger partial charge is 0.365 e. The molecule has 3 heteroatoms. The first-order chi connectivity index (χ1) is 5.68. The molecule has 0 bridgehead atoms. The van der Waals surface area contributed by atoms with Crippen molar-refractivity contribution in [2.45, 2.75) is 25.3 Å². The molecule has 1 fully saturated rings. The summed E-state index contributed by atoms with van der Waals surface area (Å²) in [6.07, 6.45) is 2.45. The summed E-state index contributed by atoms with van der Waals surface area (Å²) in [5.41, 5.74) is 0.275. The molecule has 1 aliphatic rings. The summed E-state index contributed by atoms with van der Waals surface area (Å²) in [5.74, 6) is 0.877. The fraction of sp³-hybridized carbons (Fsp3) is 0.444. The van der Waals surface area contributed by atoms with Crippen LogP contribution in [0.1, 0.15) is 19.8 Å². The van der Waals surface area contributed by atoms with Gasteiger partial charge in [0, 0.05) is 5.54 Å². The Morgan fingerprint density at radius 3 is 2.83 bits per heavy atom. The zero-order valence-electron chi connectivity index (χ0n) is 6.97. The molecule has 0 aliphatic heterocycles. The fourth-order valence-electron chi connectivity index (χ4n) is 1.10. The van der Waals surface area contributed by atoms with Gasteiger partial charge in [-0.2, -0.15) is 0 Å². The van der Waals surface area contributed by atoms with Crippen LogP contribution < -0.4 is 5.32 Å². The highest BCUT2D eigenvalue weighted by atomic mass is 35.5. The van der Waals surface area contributed by atoms with E-state index in [1.54, 1.807) is 6.07 Å². The molecule has 0 amide bonds. The van der Waals surface area contributed by atoms with Crippen LogP contribution in [0.25, 0.3) is 0 Å². The van der Waals surface area contributed by atoms with Crippen molar-refractivity contribution in [1.82, 2.24) is 4.98 Å². The van der Waals surface area contributed by atoms with E-state index < -0.39 is 0 Å². The molecule has 1 heterocycles. The normalized spacial score (nSPS) is 18.8. The first kappa shape index (κ1) is 7.87. The van der Waals surface area contributed by atoms with Crippen molar-refractivity contribution in [3.63, 3.8) is 0 Å². The van der Waals surface area contributed by atoms with Crippen LogP contribution in [0, 0.1) is 0 Å². The van der Waals surface area contributed by atoms with Crippen LogP contribution in [-0.2, 0) is 0 Å². The monoisotopic (exact) mass is 182 g/mol. The van der Waals surface area contributed by atoms with Crippen molar-refractivity contribution in [3.8, 4) is 0 Å². The third-order valence-electron chi connectivity index (χ3n) is 2.14. The third kappa shape index (κ3) is 1.69. The number of halogens is 1. The molecule has 0 unspecified atom stereocenters. The van der Waals surface area contributed by atoms with E-state index in [9.17, 15) is 0 Å². The van der Waals surface area contributed by atoms with Gasteiger partial charge in [0.15, 0.2) is 0 Å². The fourth-order valence-corrected chi connectivity index (χ4v) is 1.26. The number of nitrogens with one attached hydrogen (secondary N) is 1.